The van der Waals surface area contributed by atoms with Crippen LogP contribution in [0.5, 0.6) is 0 Å². The number of hydrogen-bond donors (Lipinski definition) is 0. The average molecular weight is 742 g/mol. The fraction of sp³-hybridized carbons (Fsp3) is 0. The molecule has 9 aromatic carbocycles. The Morgan fingerprint density at radius 2 is 0.776 bits per heavy atom. The second-order valence-electron chi connectivity index (χ2n) is 14.8. The Balaban J connectivity index is 1.07. The molecule has 0 aliphatic rings. The van der Waals surface area contributed by atoms with Crippen LogP contribution in [0.2, 0.25) is 0 Å². The third-order valence-corrected chi connectivity index (χ3v) is 11.3. The maximum absolute atomic E-state index is 6.58. The van der Waals surface area contributed by atoms with Gasteiger partial charge in [0, 0.05) is 38.2 Å². The maximum atomic E-state index is 6.58. The minimum absolute atomic E-state index is 0.550. The molecule has 0 spiro atoms. The summed E-state index contributed by atoms with van der Waals surface area (Å²) < 4.78 is 12.9. The molecule has 3 heterocycles. The molecule has 5 nitrogen and oxygen atoms in total. The third kappa shape index (κ3) is 5.36. The van der Waals surface area contributed by atoms with E-state index in [-0.39, 0.29) is 0 Å². The second-order valence-corrected chi connectivity index (χ2v) is 14.8. The third-order valence-electron chi connectivity index (χ3n) is 11.3. The van der Waals surface area contributed by atoms with Gasteiger partial charge in [-0.1, -0.05) is 133 Å². The summed E-state index contributed by atoms with van der Waals surface area (Å²) >= 11 is 0. The summed E-state index contributed by atoms with van der Waals surface area (Å²) in [6.07, 6.45) is 0. The van der Waals surface area contributed by atoms with Gasteiger partial charge in [0.2, 0.25) is 0 Å². The minimum Gasteiger partial charge on any atom is -0.456 e. The molecule has 0 fully saturated rings. The number of fused-ring (bicyclic) bond motifs is 8. The molecule has 58 heavy (non-hydrogen) atoms. The Labute approximate surface area is 332 Å². The standard InChI is InChI=1S/C53H31N3O2/c1-2-10-32(11-3-1)35-19-20-37-28-39(23-21-36(37)26-35)51-54-52(40-24-25-43-42-14-6-8-16-46(42)57-48(43)30-40)56-53(55-51)41-29-45(38-22-18-33-12-4-5-13-34(33)27-38)50-44-15-7-9-17-47(44)58-49(50)31-41/h1-31H. The first-order valence-electron chi connectivity index (χ1n) is 19.4. The molecule has 0 unspecified atom stereocenters. The van der Waals surface area contributed by atoms with E-state index < -0.39 is 0 Å². The molecule has 0 aliphatic heterocycles. The highest BCUT2D eigenvalue weighted by Crippen LogP contribution is 2.41. The molecule has 270 valence electrons. The van der Waals surface area contributed by atoms with Crippen molar-refractivity contribution in [3.05, 3.63) is 188 Å². The van der Waals surface area contributed by atoms with Crippen LogP contribution < -0.4 is 0 Å². The zero-order valence-corrected chi connectivity index (χ0v) is 31.1. The molecular weight excluding hydrogens is 711 g/mol. The molecule has 12 aromatic rings. The number of hydrogen-bond acceptors (Lipinski definition) is 5. The van der Waals surface area contributed by atoms with Gasteiger partial charge in [0.25, 0.3) is 0 Å². The van der Waals surface area contributed by atoms with Gasteiger partial charge in [-0.15, -0.1) is 0 Å². The predicted molar refractivity (Wildman–Crippen MR) is 237 cm³/mol. The smallest absolute Gasteiger partial charge is 0.164 e. The van der Waals surface area contributed by atoms with Crippen LogP contribution in [0.3, 0.4) is 0 Å². The lowest BCUT2D eigenvalue weighted by Gasteiger charge is -2.12. The van der Waals surface area contributed by atoms with Crippen molar-refractivity contribution in [3.8, 4) is 56.4 Å². The van der Waals surface area contributed by atoms with E-state index >= 15 is 0 Å². The van der Waals surface area contributed by atoms with Crippen LogP contribution in [0.1, 0.15) is 0 Å². The summed E-state index contributed by atoms with van der Waals surface area (Å²) in [7, 11) is 0. The largest absolute Gasteiger partial charge is 0.456 e. The minimum atomic E-state index is 0.550. The highest BCUT2D eigenvalue weighted by atomic mass is 16.3. The topological polar surface area (TPSA) is 65.0 Å². The number of aromatic nitrogens is 3. The van der Waals surface area contributed by atoms with E-state index in [1.807, 2.05) is 42.5 Å². The normalized spacial score (nSPS) is 11.8. The zero-order valence-electron chi connectivity index (χ0n) is 31.1. The Bertz CT molecular complexity index is 3580. The summed E-state index contributed by atoms with van der Waals surface area (Å²) in [5, 5.41) is 8.86. The molecular formula is C53H31N3O2. The van der Waals surface area contributed by atoms with Crippen LogP contribution in [-0.2, 0) is 0 Å². The Morgan fingerprint density at radius 1 is 0.276 bits per heavy atom. The summed E-state index contributed by atoms with van der Waals surface area (Å²) in [6.45, 7) is 0. The van der Waals surface area contributed by atoms with E-state index in [9.17, 15) is 0 Å². The lowest BCUT2D eigenvalue weighted by Crippen LogP contribution is -2.00. The van der Waals surface area contributed by atoms with Gasteiger partial charge in [-0.05, 0) is 98.4 Å². The van der Waals surface area contributed by atoms with E-state index in [1.165, 1.54) is 21.9 Å². The SMILES string of the molecule is c1ccc(-c2ccc3cc(-c4nc(-c5ccc6c(c5)oc5ccccc56)nc(-c5cc(-c6ccc7ccccc7c6)c6c(c5)oc5ccccc56)n4)ccc3c2)cc1. The van der Waals surface area contributed by atoms with Crippen molar-refractivity contribution in [2.75, 3.05) is 0 Å². The number of rotatable bonds is 5. The van der Waals surface area contributed by atoms with Gasteiger partial charge in [-0.3, -0.25) is 0 Å². The molecule has 0 N–H and O–H groups in total. The van der Waals surface area contributed by atoms with Gasteiger partial charge in [0.1, 0.15) is 22.3 Å². The molecule has 12 rings (SSSR count). The van der Waals surface area contributed by atoms with E-state index in [0.29, 0.717) is 17.5 Å². The van der Waals surface area contributed by atoms with Gasteiger partial charge >= 0.3 is 0 Å². The quantitative estimate of drug-likeness (QED) is 0.176. The first kappa shape index (κ1) is 32.4. The van der Waals surface area contributed by atoms with E-state index in [0.717, 1.165) is 82.5 Å². The van der Waals surface area contributed by atoms with Crippen LogP contribution in [0.25, 0.3) is 122 Å². The number of furan rings is 2. The molecule has 0 atom stereocenters. The van der Waals surface area contributed by atoms with Crippen molar-refractivity contribution < 1.29 is 8.83 Å². The first-order valence-corrected chi connectivity index (χ1v) is 19.4. The van der Waals surface area contributed by atoms with Crippen LogP contribution in [0, 0.1) is 0 Å². The zero-order chi connectivity index (χ0) is 38.2. The molecule has 0 amide bonds. The second kappa shape index (κ2) is 12.8. The summed E-state index contributed by atoms with van der Waals surface area (Å²) in [4.78, 5) is 15.6. The number of para-hydroxylation sites is 2. The highest BCUT2D eigenvalue weighted by molar-refractivity contribution is 6.14. The molecule has 0 bridgehead atoms. The molecule has 0 aliphatic carbocycles. The summed E-state index contributed by atoms with van der Waals surface area (Å²) in [6, 6.07) is 65.3. The predicted octanol–water partition coefficient (Wildman–Crippen LogP) is 14.3. The lowest BCUT2D eigenvalue weighted by atomic mass is 9.95. The van der Waals surface area contributed by atoms with Crippen molar-refractivity contribution in [3.63, 3.8) is 0 Å². The van der Waals surface area contributed by atoms with E-state index in [4.69, 9.17) is 23.8 Å². The van der Waals surface area contributed by atoms with E-state index in [1.54, 1.807) is 0 Å². The van der Waals surface area contributed by atoms with Crippen molar-refractivity contribution >= 4 is 65.4 Å². The highest BCUT2D eigenvalue weighted by Gasteiger charge is 2.20. The summed E-state index contributed by atoms with van der Waals surface area (Å²) in [5.74, 6) is 1.68. The van der Waals surface area contributed by atoms with Crippen LogP contribution in [0.4, 0.5) is 0 Å². The van der Waals surface area contributed by atoms with Gasteiger partial charge in [0.15, 0.2) is 17.5 Å². The van der Waals surface area contributed by atoms with Gasteiger partial charge in [0.05, 0.1) is 0 Å². The van der Waals surface area contributed by atoms with Crippen molar-refractivity contribution in [2.24, 2.45) is 0 Å². The molecule has 0 saturated carbocycles. The fourth-order valence-electron chi connectivity index (χ4n) is 8.39. The number of benzene rings is 9. The average Bonchev–Trinajstić information content (AvgIpc) is 3.86. The Hall–Kier alpha value is -7.89. The first-order chi connectivity index (χ1) is 28.7. The summed E-state index contributed by atoms with van der Waals surface area (Å²) in [5.41, 5.74) is 10.3. The fourth-order valence-corrected chi connectivity index (χ4v) is 8.39. The van der Waals surface area contributed by atoms with Gasteiger partial charge < -0.3 is 8.83 Å². The van der Waals surface area contributed by atoms with E-state index in [2.05, 4.69) is 146 Å². The van der Waals surface area contributed by atoms with Crippen LogP contribution >= 0.6 is 0 Å². The lowest BCUT2D eigenvalue weighted by molar-refractivity contribution is 0.668. The number of nitrogens with zero attached hydrogens (tertiary/aromatic N) is 3. The van der Waals surface area contributed by atoms with Crippen molar-refractivity contribution in [1.29, 1.82) is 0 Å². The van der Waals surface area contributed by atoms with Crippen molar-refractivity contribution in [2.45, 2.75) is 0 Å². The molecule has 3 aromatic heterocycles. The van der Waals surface area contributed by atoms with Crippen LogP contribution in [-0.4, -0.2) is 15.0 Å². The van der Waals surface area contributed by atoms with Crippen molar-refractivity contribution in [1.82, 2.24) is 15.0 Å². The molecule has 0 radical (unpaired) electrons. The Kier molecular flexibility index (Phi) is 7.16. The Morgan fingerprint density at radius 3 is 1.59 bits per heavy atom. The van der Waals surface area contributed by atoms with Gasteiger partial charge in [-0.2, -0.15) is 0 Å². The molecule has 0 saturated heterocycles. The monoisotopic (exact) mass is 741 g/mol. The molecule has 5 heteroatoms. The van der Waals surface area contributed by atoms with Gasteiger partial charge in [-0.25, -0.2) is 15.0 Å². The van der Waals surface area contributed by atoms with Crippen LogP contribution in [0.15, 0.2) is 197 Å². The maximum Gasteiger partial charge on any atom is 0.164 e.